The molecule has 0 saturated carbocycles. The summed E-state index contributed by atoms with van der Waals surface area (Å²) in [6, 6.07) is 2.03. The molecule has 0 radical (unpaired) electrons. The van der Waals surface area contributed by atoms with Crippen LogP contribution >= 0.6 is 15.9 Å². The van der Waals surface area contributed by atoms with Crippen molar-refractivity contribution < 1.29 is 0 Å². The molecular formula is C9H9BrN2. The lowest BCUT2D eigenvalue weighted by atomic mass is 10.2. The van der Waals surface area contributed by atoms with Crippen LogP contribution < -0.4 is 0 Å². The zero-order valence-corrected chi connectivity index (χ0v) is 8.35. The highest BCUT2D eigenvalue weighted by Crippen LogP contribution is 2.25. The van der Waals surface area contributed by atoms with Crippen LogP contribution in [0.15, 0.2) is 22.9 Å². The van der Waals surface area contributed by atoms with E-state index < -0.39 is 0 Å². The number of aryl methyl sites for hydroxylation is 1. The molecule has 0 bridgehead atoms. The number of nitrogens with one attached hydrogen (secondary N) is 1. The molecule has 12 heavy (non-hydrogen) atoms. The highest BCUT2D eigenvalue weighted by Gasteiger charge is 2.04. The number of aromatic nitrogens is 2. The molecule has 1 N–H and O–H groups in total. The predicted molar refractivity (Wildman–Crippen MR) is 53.2 cm³/mol. The number of aromatic amines is 1. The summed E-state index contributed by atoms with van der Waals surface area (Å²) in [6.07, 6.45) is 4.82. The zero-order chi connectivity index (χ0) is 8.55. The Balaban J connectivity index is 2.78. The number of H-pyrrole nitrogens is 1. The largest absolute Gasteiger partial charge is 0.346 e. The van der Waals surface area contributed by atoms with Gasteiger partial charge in [-0.2, -0.15) is 0 Å². The predicted octanol–water partition coefficient (Wildman–Crippen LogP) is 2.89. The lowest BCUT2D eigenvalue weighted by Crippen LogP contribution is -1.86. The fraction of sp³-hybridized carbons (Fsp3) is 0.222. The van der Waals surface area contributed by atoms with E-state index in [4.69, 9.17) is 0 Å². The summed E-state index contributed by atoms with van der Waals surface area (Å²) in [5.74, 6) is 0. The Labute approximate surface area is 79.1 Å². The number of halogens is 1. The van der Waals surface area contributed by atoms with Crippen LogP contribution in [0.1, 0.15) is 12.5 Å². The molecule has 0 fully saturated rings. The van der Waals surface area contributed by atoms with Gasteiger partial charge < -0.3 is 4.98 Å². The van der Waals surface area contributed by atoms with Crippen molar-refractivity contribution in [3.63, 3.8) is 0 Å². The van der Waals surface area contributed by atoms with E-state index in [0.29, 0.717) is 0 Å². The Kier molecular flexibility index (Phi) is 1.89. The summed E-state index contributed by atoms with van der Waals surface area (Å²) in [6.45, 7) is 2.13. The molecule has 0 unspecified atom stereocenters. The average Bonchev–Trinajstić information content (AvgIpc) is 2.53. The molecule has 0 spiro atoms. The van der Waals surface area contributed by atoms with Gasteiger partial charge >= 0.3 is 0 Å². The van der Waals surface area contributed by atoms with Crippen LogP contribution in [0.2, 0.25) is 0 Å². The van der Waals surface area contributed by atoms with Crippen molar-refractivity contribution >= 4 is 27.0 Å². The van der Waals surface area contributed by atoms with E-state index in [1.54, 1.807) is 0 Å². The SMILES string of the molecule is CCc1cnc2[nH]ccc2c1Br. The van der Waals surface area contributed by atoms with Gasteiger partial charge in [-0.05, 0) is 34.0 Å². The van der Waals surface area contributed by atoms with E-state index in [0.717, 1.165) is 21.9 Å². The van der Waals surface area contributed by atoms with Crippen LogP contribution in [-0.2, 0) is 6.42 Å². The third-order valence-electron chi connectivity index (χ3n) is 1.97. The summed E-state index contributed by atoms with van der Waals surface area (Å²) in [5, 5.41) is 1.16. The summed E-state index contributed by atoms with van der Waals surface area (Å²) in [4.78, 5) is 7.36. The summed E-state index contributed by atoms with van der Waals surface area (Å²) in [5.41, 5.74) is 2.20. The molecule has 0 aliphatic heterocycles. The van der Waals surface area contributed by atoms with Crippen molar-refractivity contribution in [3.8, 4) is 0 Å². The minimum Gasteiger partial charge on any atom is -0.346 e. The van der Waals surface area contributed by atoms with Crippen LogP contribution in [0.25, 0.3) is 11.0 Å². The van der Waals surface area contributed by atoms with Crippen LogP contribution in [0.3, 0.4) is 0 Å². The highest BCUT2D eigenvalue weighted by atomic mass is 79.9. The first-order chi connectivity index (χ1) is 5.83. The van der Waals surface area contributed by atoms with Gasteiger partial charge in [-0.25, -0.2) is 4.98 Å². The van der Waals surface area contributed by atoms with Crippen molar-refractivity contribution in [1.82, 2.24) is 9.97 Å². The van der Waals surface area contributed by atoms with Crippen LogP contribution in [-0.4, -0.2) is 9.97 Å². The molecule has 0 aromatic carbocycles. The maximum Gasteiger partial charge on any atom is 0.138 e. The molecule has 2 heterocycles. The molecule has 2 aromatic heterocycles. The fourth-order valence-electron chi connectivity index (χ4n) is 1.26. The molecule has 62 valence electrons. The van der Waals surface area contributed by atoms with E-state index >= 15 is 0 Å². The summed E-state index contributed by atoms with van der Waals surface area (Å²) in [7, 11) is 0. The Morgan fingerprint density at radius 1 is 1.58 bits per heavy atom. The van der Waals surface area contributed by atoms with E-state index in [2.05, 4.69) is 32.8 Å². The fourth-order valence-corrected chi connectivity index (χ4v) is 1.97. The normalized spacial score (nSPS) is 10.8. The third kappa shape index (κ3) is 1.05. The number of pyridine rings is 1. The van der Waals surface area contributed by atoms with Crippen LogP contribution in [0.5, 0.6) is 0 Å². The quantitative estimate of drug-likeness (QED) is 0.794. The summed E-state index contributed by atoms with van der Waals surface area (Å²) >= 11 is 3.56. The first-order valence-corrected chi connectivity index (χ1v) is 4.72. The lowest BCUT2D eigenvalue weighted by molar-refractivity contribution is 1.10. The molecule has 2 nitrogen and oxygen atoms in total. The smallest absolute Gasteiger partial charge is 0.138 e. The van der Waals surface area contributed by atoms with Crippen molar-refractivity contribution in [2.45, 2.75) is 13.3 Å². The molecule has 2 aromatic rings. The third-order valence-corrected chi connectivity index (χ3v) is 2.91. The van der Waals surface area contributed by atoms with Gasteiger partial charge in [0.2, 0.25) is 0 Å². The molecule has 0 aliphatic rings. The number of nitrogens with zero attached hydrogens (tertiary/aromatic N) is 1. The Morgan fingerprint density at radius 3 is 3.17 bits per heavy atom. The second-order valence-corrected chi connectivity index (χ2v) is 3.48. The number of rotatable bonds is 1. The van der Waals surface area contributed by atoms with Crippen molar-refractivity contribution in [1.29, 1.82) is 0 Å². The van der Waals surface area contributed by atoms with Gasteiger partial charge in [0.25, 0.3) is 0 Å². The van der Waals surface area contributed by atoms with E-state index in [1.165, 1.54) is 5.56 Å². The maximum atomic E-state index is 4.29. The minimum absolute atomic E-state index is 0.944. The van der Waals surface area contributed by atoms with Crippen molar-refractivity contribution in [2.24, 2.45) is 0 Å². The standard InChI is InChI=1S/C9H9BrN2/c1-2-6-5-12-9-7(8(6)10)3-4-11-9/h3-5H,2H2,1H3,(H,11,12). The maximum absolute atomic E-state index is 4.29. The molecule has 2 rings (SSSR count). The monoisotopic (exact) mass is 224 g/mol. The van der Waals surface area contributed by atoms with Gasteiger partial charge in [-0.15, -0.1) is 0 Å². The second kappa shape index (κ2) is 2.90. The number of hydrogen-bond donors (Lipinski definition) is 1. The minimum atomic E-state index is 0.944. The average molecular weight is 225 g/mol. The van der Waals surface area contributed by atoms with Gasteiger partial charge in [0.05, 0.1) is 0 Å². The Hall–Kier alpha value is -0.830. The molecule has 0 atom stereocenters. The number of fused-ring (bicyclic) bond motifs is 1. The molecule has 0 amide bonds. The van der Waals surface area contributed by atoms with Gasteiger partial charge in [0, 0.05) is 22.3 Å². The van der Waals surface area contributed by atoms with Gasteiger partial charge in [-0.1, -0.05) is 6.92 Å². The zero-order valence-electron chi connectivity index (χ0n) is 6.76. The topological polar surface area (TPSA) is 28.7 Å². The Morgan fingerprint density at radius 2 is 2.42 bits per heavy atom. The van der Waals surface area contributed by atoms with Crippen LogP contribution in [0, 0.1) is 0 Å². The lowest BCUT2D eigenvalue weighted by Gasteiger charge is -2.00. The highest BCUT2D eigenvalue weighted by molar-refractivity contribution is 9.10. The summed E-state index contributed by atoms with van der Waals surface area (Å²) < 4.78 is 1.16. The van der Waals surface area contributed by atoms with Gasteiger partial charge in [-0.3, -0.25) is 0 Å². The first kappa shape index (κ1) is 7.80. The Bertz CT molecular complexity index is 406. The molecule has 0 aliphatic carbocycles. The van der Waals surface area contributed by atoms with E-state index in [1.807, 2.05) is 18.5 Å². The van der Waals surface area contributed by atoms with E-state index in [-0.39, 0.29) is 0 Å². The molecule has 0 saturated heterocycles. The van der Waals surface area contributed by atoms with E-state index in [9.17, 15) is 0 Å². The van der Waals surface area contributed by atoms with Gasteiger partial charge in [0.15, 0.2) is 0 Å². The first-order valence-electron chi connectivity index (χ1n) is 3.93. The molecular weight excluding hydrogens is 216 g/mol. The van der Waals surface area contributed by atoms with Gasteiger partial charge in [0.1, 0.15) is 5.65 Å². The number of hydrogen-bond acceptors (Lipinski definition) is 1. The molecule has 3 heteroatoms. The van der Waals surface area contributed by atoms with Crippen molar-refractivity contribution in [3.05, 3.63) is 28.5 Å². The van der Waals surface area contributed by atoms with Crippen LogP contribution in [0.4, 0.5) is 0 Å². The second-order valence-electron chi connectivity index (χ2n) is 2.69. The van der Waals surface area contributed by atoms with Crippen molar-refractivity contribution in [2.75, 3.05) is 0 Å².